The second kappa shape index (κ2) is 2.99. The molecule has 0 aromatic carbocycles. The Morgan fingerprint density at radius 1 is 1.55 bits per heavy atom. The first-order chi connectivity index (χ1) is 5.08. The van der Waals surface area contributed by atoms with Crippen LogP contribution in [-0.2, 0) is 9.59 Å². The van der Waals surface area contributed by atoms with Gasteiger partial charge in [0.25, 0.3) is 0 Å². The summed E-state index contributed by atoms with van der Waals surface area (Å²) in [4.78, 5) is 20.6. The van der Waals surface area contributed by atoms with E-state index in [1.165, 1.54) is 0 Å². The summed E-state index contributed by atoms with van der Waals surface area (Å²) in [5.41, 5.74) is 0. The summed E-state index contributed by atoms with van der Waals surface area (Å²) in [5.74, 6) is -0.727. The number of piperidine rings is 1. The molecule has 0 saturated carbocycles. The van der Waals surface area contributed by atoms with Gasteiger partial charge in [-0.05, 0) is 6.42 Å². The number of hydrogen-bond donors (Lipinski definition) is 1. The zero-order valence-electron chi connectivity index (χ0n) is 5.69. The normalized spacial score (nSPS) is 31.8. The Bertz CT molecular complexity index is 207. The van der Waals surface area contributed by atoms with Gasteiger partial charge in [0.2, 0.25) is 11.8 Å². The smallest absolute Gasteiger partial charge is 0.248 e. The van der Waals surface area contributed by atoms with Gasteiger partial charge in [0.15, 0.2) is 0 Å². The fourth-order valence-electron chi connectivity index (χ4n) is 0.854. The van der Waals surface area contributed by atoms with E-state index < -0.39 is 10.8 Å². The molecule has 1 heterocycles. The molecular weight excluding hydrogens is 189 g/mol. The predicted octanol–water partition coefficient (Wildman–Crippen LogP) is 0.639. The number of carbonyl (C=O) groups excluding carboxylic acids is 2. The number of carbonyl (C=O) groups is 2. The molecule has 0 aromatic rings. The monoisotopic (exact) mass is 195 g/mol. The summed E-state index contributed by atoms with van der Waals surface area (Å²) in [7, 11) is 0. The van der Waals surface area contributed by atoms with Crippen LogP contribution < -0.4 is 5.32 Å². The highest BCUT2D eigenvalue weighted by Gasteiger charge is 2.40. The largest absolute Gasteiger partial charge is 0.295 e. The van der Waals surface area contributed by atoms with E-state index in [2.05, 4.69) is 5.32 Å². The first-order valence-corrected chi connectivity index (χ1v) is 4.09. The summed E-state index contributed by atoms with van der Waals surface area (Å²) in [5, 5.41) is 2.13. The van der Waals surface area contributed by atoms with Crippen molar-refractivity contribution in [3.63, 3.8) is 0 Å². The van der Waals surface area contributed by atoms with Gasteiger partial charge in [0.1, 0.15) is 4.87 Å². The summed E-state index contributed by atoms with van der Waals surface area (Å²) in [6.45, 7) is 0. The van der Waals surface area contributed by atoms with Crippen molar-refractivity contribution in [3.8, 4) is 0 Å². The SMILES string of the molecule is O=C1CCC(Cl)(CCl)C(=O)N1. The summed E-state index contributed by atoms with van der Waals surface area (Å²) in [6, 6.07) is 0. The van der Waals surface area contributed by atoms with Crippen molar-refractivity contribution in [1.29, 1.82) is 0 Å². The van der Waals surface area contributed by atoms with Crippen LogP contribution in [-0.4, -0.2) is 22.6 Å². The Hall–Kier alpha value is -0.280. The lowest BCUT2D eigenvalue weighted by Crippen LogP contribution is -2.51. The molecule has 1 N–H and O–H groups in total. The average Bonchev–Trinajstić information content (AvgIpc) is 1.98. The number of halogens is 2. The minimum Gasteiger partial charge on any atom is -0.295 e. The predicted molar refractivity (Wildman–Crippen MR) is 41.7 cm³/mol. The third-order valence-corrected chi connectivity index (χ3v) is 2.71. The van der Waals surface area contributed by atoms with Crippen molar-refractivity contribution in [3.05, 3.63) is 0 Å². The number of nitrogens with one attached hydrogen (secondary N) is 1. The zero-order valence-corrected chi connectivity index (χ0v) is 7.21. The maximum atomic E-state index is 11.0. The Balaban J connectivity index is 2.71. The van der Waals surface area contributed by atoms with Crippen LogP contribution in [0.4, 0.5) is 0 Å². The second-order valence-corrected chi connectivity index (χ2v) is 3.47. The third-order valence-electron chi connectivity index (χ3n) is 1.62. The number of alkyl halides is 2. The lowest BCUT2D eigenvalue weighted by molar-refractivity contribution is -0.134. The van der Waals surface area contributed by atoms with E-state index >= 15 is 0 Å². The molecule has 3 nitrogen and oxygen atoms in total. The van der Waals surface area contributed by atoms with Crippen molar-refractivity contribution in [2.75, 3.05) is 5.88 Å². The van der Waals surface area contributed by atoms with Gasteiger partial charge in [0.05, 0.1) is 5.88 Å². The highest BCUT2D eigenvalue weighted by atomic mass is 35.5. The van der Waals surface area contributed by atoms with E-state index in [1.807, 2.05) is 0 Å². The first-order valence-electron chi connectivity index (χ1n) is 3.18. The van der Waals surface area contributed by atoms with E-state index in [-0.39, 0.29) is 18.2 Å². The van der Waals surface area contributed by atoms with Gasteiger partial charge in [-0.15, -0.1) is 23.2 Å². The summed E-state index contributed by atoms with van der Waals surface area (Å²) < 4.78 is 0. The molecule has 0 radical (unpaired) electrons. The molecule has 1 aliphatic heterocycles. The van der Waals surface area contributed by atoms with Crippen LogP contribution in [0.25, 0.3) is 0 Å². The van der Waals surface area contributed by atoms with E-state index in [0.717, 1.165) is 0 Å². The van der Waals surface area contributed by atoms with Crippen LogP contribution in [0, 0.1) is 0 Å². The zero-order chi connectivity index (χ0) is 8.48. The van der Waals surface area contributed by atoms with E-state index in [9.17, 15) is 9.59 Å². The quantitative estimate of drug-likeness (QED) is 0.494. The van der Waals surface area contributed by atoms with Crippen molar-refractivity contribution < 1.29 is 9.59 Å². The molecule has 1 fully saturated rings. The second-order valence-electron chi connectivity index (χ2n) is 2.48. The fourth-order valence-corrected chi connectivity index (χ4v) is 1.25. The van der Waals surface area contributed by atoms with Gasteiger partial charge < -0.3 is 0 Å². The Morgan fingerprint density at radius 3 is 2.64 bits per heavy atom. The maximum absolute atomic E-state index is 11.0. The molecule has 0 aliphatic carbocycles. The molecule has 5 heteroatoms. The molecule has 62 valence electrons. The van der Waals surface area contributed by atoms with Crippen LogP contribution in [0.1, 0.15) is 12.8 Å². The highest BCUT2D eigenvalue weighted by Crippen LogP contribution is 2.26. The minimum absolute atomic E-state index is 0.0354. The van der Waals surface area contributed by atoms with Crippen LogP contribution >= 0.6 is 23.2 Å². The first kappa shape index (κ1) is 8.81. The van der Waals surface area contributed by atoms with Crippen LogP contribution in [0.2, 0.25) is 0 Å². The van der Waals surface area contributed by atoms with Gasteiger partial charge in [-0.1, -0.05) is 0 Å². The topological polar surface area (TPSA) is 46.2 Å². The van der Waals surface area contributed by atoms with Gasteiger partial charge in [-0.3, -0.25) is 14.9 Å². The average molecular weight is 196 g/mol. The summed E-state index contributed by atoms with van der Waals surface area (Å²) in [6.07, 6.45) is 0.588. The number of imide groups is 1. The number of rotatable bonds is 1. The molecule has 0 spiro atoms. The Morgan fingerprint density at radius 2 is 2.18 bits per heavy atom. The van der Waals surface area contributed by atoms with Gasteiger partial charge >= 0.3 is 0 Å². The molecule has 0 bridgehead atoms. The van der Waals surface area contributed by atoms with Crippen molar-refractivity contribution in [2.45, 2.75) is 17.7 Å². The standard InChI is InChI=1S/C6H7Cl2NO2/c7-3-6(8)2-1-4(10)9-5(6)11/h1-3H2,(H,9,10,11). The van der Waals surface area contributed by atoms with Crippen LogP contribution in [0.15, 0.2) is 0 Å². The van der Waals surface area contributed by atoms with Gasteiger partial charge in [-0.2, -0.15) is 0 Å². The molecule has 1 rings (SSSR count). The van der Waals surface area contributed by atoms with Crippen LogP contribution in [0.3, 0.4) is 0 Å². The minimum atomic E-state index is -1.07. The molecule has 11 heavy (non-hydrogen) atoms. The van der Waals surface area contributed by atoms with E-state index in [1.54, 1.807) is 0 Å². The molecular formula is C6H7Cl2NO2. The van der Waals surface area contributed by atoms with Crippen molar-refractivity contribution in [1.82, 2.24) is 5.32 Å². The van der Waals surface area contributed by atoms with Gasteiger partial charge in [0, 0.05) is 6.42 Å². The van der Waals surface area contributed by atoms with Crippen molar-refractivity contribution in [2.24, 2.45) is 0 Å². The fraction of sp³-hybridized carbons (Fsp3) is 0.667. The third kappa shape index (κ3) is 1.65. The lowest BCUT2D eigenvalue weighted by Gasteiger charge is -2.26. The number of amides is 2. The van der Waals surface area contributed by atoms with Gasteiger partial charge in [-0.25, -0.2) is 0 Å². The highest BCUT2D eigenvalue weighted by molar-refractivity contribution is 6.41. The molecule has 0 aromatic heterocycles. The maximum Gasteiger partial charge on any atom is 0.248 e. The van der Waals surface area contributed by atoms with E-state index in [4.69, 9.17) is 23.2 Å². The molecule has 2 amide bonds. The van der Waals surface area contributed by atoms with Crippen molar-refractivity contribution >= 4 is 35.0 Å². The molecule has 1 aliphatic rings. The molecule has 1 unspecified atom stereocenters. The van der Waals surface area contributed by atoms with E-state index in [0.29, 0.717) is 6.42 Å². The lowest BCUT2D eigenvalue weighted by atomic mass is 9.99. The Kier molecular flexibility index (Phi) is 2.40. The van der Waals surface area contributed by atoms with Crippen LogP contribution in [0.5, 0.6) is 0 Å². The molecule has 1 saturated heterocycles. The Labute approximate surface area is 74.0 Å². The number of hydrogen-bond acceptors (Lipinski definition) is 2. The molecule has 1 atom stereocenters. The summed E-state index contributed by atoms with van der Waals surface area (Å²) >= 11 is 11.2.